The van der Waals surface area contributed by atoms with Gasteiger partial charge in [-0.15, -0.1) is 0 Å². The zero-order valence-corrected chi connectivity index (χ0v) is 17.1. The molecule has 158 valence electrons. The number of benzene rings is 2. The Hall–Kier alpha value is -3.37. The maximum Gasteiger partial charge on any atom is 0.244 e. The highest BCUT2D eigenvalue weighted by Gasteiger charge is 2.35. The van der Waals surface area contributed by atoms with Crippen molar-refractivity contribution in [3.8, 4) is 23.0 Å². The fraction of sp³-hybridized carbons (Fsp3) is 0.200. The Kier molecular flexibility index (Phi) is 5.55. The van der Waals surface area contributed by atoms with Crippen LogP contribution >= 0.6 is 0 Å². The number of aromatic hydroxyl groups is 2. The van der Waals surface area contributed by atoms with Crippen LogP contribution in [-0.2, 0) is 10.0 Å². The number of carbonyl (C=O) groups excluding carboxylic acids is 2. The molecule has 0 fully saturated rings. The molecule has 9 nitrogen and oxygen atoms in total. The Morgan fingerprint density at radius 2 is 1.60 bits per heavy atom. The van der Waals surface area contributed by atoms with Crippen molar-refractivity contribution in [2.24, 2.45) is 0 Å². The monoisotopic (exact) mass is 433 g/mol. The van der Waals surface area contributed by atoms with Gasteiger partial charge in [0.2, 0.25) is 10.0 Å². The van der Waals surface area contributed by atoms with Gasteiger partial charge in [0.25, 0.3) is 0 Å². The van der Waals surface area contributed by atoms with Crippen LogP contribution in [0.2, 0.25) is 0 Å². The van der Waals surface area contributed by atoms with Crippen LogP contribution in [0.5, 0.6) is 23.0 Å². The molecule has 10 heteroatoms. The summed E-state index contributed by atoms with van der Waals surface area (Å²) in [7, 11) is -1.44. The van der Waals surface area contributed by atoms with E-state index >= 15 is 0 Å². The van der Waals surface area contributed by atoms with E-state index in [1.54, 1.807) is 0 Å². The highest BCUT2D eigenvalue weighted by Crippen LogP contribution is 2.36. The number of nitrogens with one attached hydrogen (secondary N) is 1. The third kappa shape index (κ3) is 3.62. The first-order valence-electron chi connectivity index (χ1n) is 8.70. The fourth-order valence-electron chi connectivity index (χ4n) is 3.16. The van der Waals surface area contributed by atoms with Gasteiger partial charge in [0, 0.05) is 17.7 Å². The highest BCUT2D eigenvalue weighted by atomic mass is 32.2. The van der Waals surface area contributed by atoms with Crippen molar-refractivity contribution in [1.82, 2.24) is 4.72 Å². The number of phenolic OH excluding ortho intramolecular Hbond substituents is 2. The van der Waals surface area contributed by atoms with Gasteiger partial charge in [0.15, 0.2) is 11.6 Å². The summed E-state index contributed by atoms with van der Waals surface area (Å²) in [5, 5.41) is 19.9. The standard InChI is InChI=1S/C20H19NO8S/c1-10(21-30(26,27)17-7-4-11(28-2)8-16(17)29-3)12-9-15(24)18-13(22)5-6-14(23)19(18)20(12)25/h4-10,21-23H,1-3H3. The van der Waals surface area contributed by atoms with Crippen LogP contribution in [0.25, 0.3) is 0 Å². The number of carbonyl (C=O) groups is 2. The predicted molar refractivity (Wildman–Crippen MR) is 106 cm³/mol. The van der Waals surface area contributed by atoms with Crippen LogP contribution in [0.4, 0.5) is 0 Å². The summed E-state index contributed by atoms with van der Waals surface area (Å²) >= 11 is 0. The number of ether oxygens (including phenoxy) is 2. The Bertz CT molecular complexity index is 1180. The van der Waals surface area contributed by atoms with Crippen LogP contribution in [0, 0.1) is 0 Å². The van der Waals surface area contributed by atoms with Crippen molar-refractivity contribution >= 4 is 21.6 Å². The first kappa shape index (κ1) is 21.3. The topological polar surface area (TPSA) is 139 Å². The first-order valence-corrected chi connectivity index (χ1v) is 10.2. The number of allylic oxidation sites excluding steroid dienone is 1. The number of sulfonamides is 1. The second-order valence-electron chi connectivity index (χ2n) is 6.51. The average molecular weight is 433 g/mol. The summed E-state index contributed by atoms with van der Waals surface area (Å²) in [5.74, 6) is -2.01. The van der Waals surface area contributed by atoms with Crippen molar-refractivity contribution in [1.29, 1.82) is 0 Å². The molecule has 0 aromatic heterocycles. The molecule has 2 aromatic rings. The van der Waals surface area contributed by atoms with Crippen LogP contribution < -0.4 is 14.2 Å². The van der Waals surface area contributed by atoms with E-state index in [9.17, 15) is 28.2 Å². The van der Waals surface area contributed by atoms with Gasteiger partial charge < -0.3 is 19.7 Å². The summed E-state index contributed by atoms with van der Waals surface area (Å²) in [5.41, 5.74) is -0.870. The molecule has 0 amide bonds. The van der Waals surface area contributed by atoms with Crippen molar-refractivity contribution in [3.63, 3.8) is 0 Å². The van der Waals surface area contributed by atoms with Crippen molar-refractivity contribution in [2.45, 2.75) is 17.9 Å². The Labute approximate surface area is 172 Å². The van der Waals surface area contributed by atoms with E-state index in [4.69, 9.17) is 9.47 Å². The fourth-order valence-corrected chi connectivity index (χ4v) is 4.54. The van der Waals surface area contributed by atoms with Crippen LogP contribution in [0.15, 0.2) is 46.9 Å². The summed E-state index contributed by atoms with van der Waals surface area (Å²) < 4.78 is 38.3. The Balaban J connectivity index is 1.97. The smallest absolute Gasteiger partial charge is 0.244 e. The molecule has 3 rings (SSSR count). The van der Waals surface area contributed by atoms with Gasteiger partial charge in [-0.1, -0.05) is 0 Å². The molecule has 1 atom stereocenters. The molecule has 0 bridgehead atoms. The third-order valence-electron chi connectivity index (χ3n) is 4.64. The second-order valence-corrected chi connectivity index (χ2v) is 8.19. The van der Waals surface area contributed by atoms with Crippen LogP contribution in [0.1, 0.15) is 27.6 Å². The SMILES string of the molecule is COc1ccc(S(=O)(=O)NC(C)C2=CC(=O)c3c(O)ccc(O)c3C2=O)c(OC)c1. The molecule has 0 saturated carbocycles. The number of phenols is 2. The van der Waals surface area contributed by atoms with Gasteiger partial charge in [-0.05, 0) is 37.3 Å². The molecule has 1 unspecified atom stereocenters. The van der Waals surface area contributed by atoms with Gasteiger partial charge >= 0.3 is 0 Å². The minimum absolute atomic E-state index is 0.0296. The molecular weight excluding hydrogens is 414 g/mol. The number of fused-ring (bicyclic) bond motifs is 1. The minimum atomic E-state index is -4.16. The summed E-state index contributed by atoms with van der Waals surface area (Å²) in [6.45, 7) is 1.38. The number of ketones is 2. The van der Waals surface area contributed by atoms with E-state index < -0.39 is 39.1 Å². The quantitative estimate of drug-likeness (QED) is 0.586. The van der Waals surface area contributed by atoms with E-state index in [1.807, 2.05) is 0 Å². The van der Waals surface area contributed by atoms with Crippen LogP contribution in [0.3, 0.4) is 0 Å². The van der Waals surface area contributed by atoms with Crippen LogP contribution in [-0.4, -0.2) is 50.5 Å². The highest BCUT2D eigenvalue weighted by molar-refractivity contribution is 7.89. The van der Waals surface area contributed by atoms with E-state index in [1.165, 1.54) is 39.3 Å². The van der Waals surface area contributed by atoms with Crippen molar-refractivity contribution in [2.75, 3.05) is 14.2 Å². The maximum atomic E-state index is 12.9. The summed E-state index contributed by atoms with van der Waals surface area (Å²) in [4.78, 5) is 25.1. The largest absolute Gasteiger partial charge is 0.507 e. The van der Waals surface area contributed by atoms with E-state index in [-0.39, 0.29) is 27.3 Å². The lowest BCUT2D eigenvalue weighted by atomic mass is 9.86. The molecule has 2 aromatic carbocycles. The Morgan fingerprint density at radius 3 is 2.20 bits per heavy atom. The van der Waals surface area contributed by atoms with Gasteiger partial charge in [-0.25, -0.2) is 13.1 Å². The molecule has 1 aliphatic carbocycles. The number of Topliss-reactive ketones (excluding diaryl/α,β-unsaturated/α-hetero) is 1. The lowest BCUT2D eigenvalue weighted by molar-refractivity contribution is 0.0974. The maximum absolute atomic E-state index is 12.9. The van der Waals surface area contributed by atoms with E-state index in [2.05, 4.69) is 4.72 Å². The zero-order valence-electron chi connectivity index (χ0n) is 16.3. The molecule has 1 aliphatic rings. The second kappa shape index (κ2) is 7.81. The van der Waals surface area contributed by atoms with Crippen molar-refractivity contribution in [3.05, 3.63) is 53.1 Å². The Morgan fingerprint density at radius 1 is 0.967 bits per heavy atom. The summed E-state index contributed by atoms with van der Waals surface area (Å²) in [6, 6.07) is 5.18. The number of rotatable bonds is 6. The van der Waals surface area contributed by atoms with E-state index in [0.717, 1.165) is 18.2 Å². The minimum Gasteiger partial charge on any atom is -0.507 e. The van der Waals surface area contributed by atoms with Gasteiger partial charge in [-0.2, -0.15) is 0 Å². The molecular formula is C20H19NO8S. The summed E-state index contributed by atoms with van der Waals surface area (Å²) in [6.07, 6.45) is 0.947. The number of hydrogen-bond donors (Lipinski definition) is 3. The van der Waals surface area contributed by atoms with Gasteiger partial charge in [0.05, 0.1) is 25.3 Å². The molecule has 0 heterocycles. The molecule has 3 N–H and O–H groups in total. The van der Waals surface area contributed by atoms with E-state index in [0.29, 0.717) is 5.75 Å². The van der Waals surface area contributed by atoms with Gasteiger partial charge in [-0.3, -0.25) is 9.59 Å². The predicted octanol–water partition coefficient (Wildman–Crippen LogP) is 1.79. The number of hydrogen-bond acceptors (Lipinski definition) is 8. The van der Waals surface area contributed by atoms with Crippen molar-refractivity contribution < 1.29 is 37.7 Å². The third-order valence-corrected chi connectivity index (χ3v) is 6.22. The molecule has 0 radical (unpaired) electrons. The first-order chi connectivity index (χ1) is 14.1. The normalized spacial score (nSPS) is 14.7. The lowest BCUT2D eigenvalue weighted by Crippen LogP contribution is -2.38. The molecule has 0 aliphatic heterocycles. The molecule has 0 spiro atoms. The average Bonchev–Trinajstić information content (AvgIpc) is 2.71. The number of methoxy groups -OCH3 is 2. The molecule has 0 saturated heterocycles. The van der Waals surface area contributed by atoms with Gasteiger partial charge in [0.1, 0.15) is 27.9 Å². The zero-order chi connectivity index (χ0) is 22.2. The molecule has 30 heavy (non-hydrogen) atoms. The lowest BCUT2D eigenvalue weighted by Gasteiger charge is -2.22.